The molecule has 1 aromatic carbocycles. The zero-order valence-corrected chi connectivity index (χ0v) is 9.86. The van der Waals surface area contributed by atoms with Crippen molar-refractivity contribution < 1.29 is 4.39 Å². The minimum Gasteiger partial charge on any atom is -0.382 e. The van der Waals surface area contributed by atoms with Gasteiger partial charge in [-0.15, -0.1) is 0 Å². The van der Waals surface area contributed by atoms with Crippen LogP contribution in [0.3, 0.4) is 0 Å². The van der Waals surface area contributed by atoms with Gasteiger partial charge in [-0.3, -0.25) is 0 Å². The fourth-order valence-corrected chi connectivity index (χ4v) is 2.10. The number of hydrogen-bond donors (Lipinski definition) is 2. The maximum atomic E-state index is 14.2. The number of alkyl halides is 1. The molecule has 0 spiro atoms. The van der Waals surface area contributed by atoms with E-state index in [4.69, 9.17) is 11.6 Å². The van der Waals surface area contributed by atoms with E-state index in [1.165, 1.54) is 0 Å². The van der Waals surface area contributed by atoms with E-state index in [0.717, 1.165) is 18.8 Å². The monoisotopic (exact) mass is 242 g/mol. The third kappa shape index (κ3) is 3.09. The van der Waals surface area contributed by atoms with E-state index in [-0.39, 0.29) is 0 Å². The van der Waals surface area contributed by atoms with Crippen molar-refractivity contribution in [1.29, 1.82) is 0 Å². The van der Waals surface area contributed by atoms with E-state index in [1.807, 2.05) is 24.3 Å². The van der Waals surface area contributed by atoms with E-state index in [9.17, 15) is 4.39 Å². The van der Waals surface area contributed by atoms with Crippen LogP contribution in [-0.2, 0) is 0 Å². The van der Waals surface area contributed by atoms with Crippen molar-refractivity contribution in [2.75, 3.05) is 25.0 Å². The van der Waals surface area contributed by atoms with Crippen LogP contribution >= 0.6 is 11.6 Å². The van der Waals surface area contributed by atoms with Gasteiger partial charge >= 0.3 is 0 Å². The number of anilines is 1. The molecule has 1 aliphatic heterocycles. The predicted octanol–water partition coefficient (Wildman–Crippen LogP) is 2.84. The molecule has 0 bridgehead atoms. The van der Waals surface area contributed by atoms with Gasteiger partial charge < -0.3 is 10.6 Å². The lowest BCUT2D eigenvalue weighted by Crippen LogP contribution is -2.43. The van der Waals surface area contributed by atoms with Gasteiger partial charge in [0.25, 0.3) is 0 Å². The molecule has 88 valence electrons. The average Bonchev–Trinajstić information content (AvgIpc) is 2.28. The van der Waals surface area contributed by atoms with E-state index in [1.54, 1.807) is 0 Å². The summed E-state index contributed by atoms with van der Waals surface area (Å²) in [4.78, 5) is 0. The quantitative estimate of drug-likeness (QED) is 0.852. The summed E-state index contributed by atoms with van der Waals surface area (Å²) < 4.78 is 14.2. The molecule has 1 aliphatic rings. The van der Waals surface area contributed by atoms with Gasteiger partial charge in [-0.25, -0.2) is 4.39 Å². The summed E-state index contributed by atoms with van der Waals surface area (Å²) in [6.45, 7) is 1.87. The molecule has 0 atom stereocenters. The summed E-state index contributed by atoms with van der Waals surface area (Å²) in [5.41, 5.74) is -0.212. The molecule has 1 heterocycles. The van der Waals surface area contributed by atoms with Crippen LogP contribution in [0.2, 0.25) is 5.02 Å². The standard InChI is InChI=1S/C12H16ClFN2/c13-10-2-1-3-11(8-10)16-9-12(14)4-6-15-7-5-12/h1-3,8,15-16H,4-7,9H2. The van der Waals surface area contributed by atoms with Crippen LogP contribution in [0.25, 0.3) is 0 Å². The molecule has 16 heavy (non-hydrogen) atoms. The summed E-state index contributed by atoms with van der Waals surface area (Å²) in [6.07, 6.45) is 1.14. The first kappa shape index (κ1) is 11.7. The lowest BCUT2D eigenvalue weighted by atomic mass is 9.94. The summed E-state index contributed by atoms with van der Waals surface area (Å²) in [5, 5.41) is 6.94. The fourth-order valence-electron chi connectivity index (χ4n) is 1.91. The second-order valence-corrected chi connectivity index (χ2v) is 4.70. The van der Waals surface area contributed by atoms with Gasteiger partial charge in [-0.1, -0.05) is 17.7 Å². The summed E-state index contributed by atoms with van der Waals surface area (Å²) in [6, 6.07) is 7.38. The van der Waals surface area contributed by atoms with Crippen LogP contribution in [0.5, 0.6) is 0 Å². The molecule has 1 fully saturated rings. The molecule has 0 radical (unpaired) electrons. The largest absolute Gasteiger partial charge is 0.382 e. The Balaban J connectivity index is 1.91. The second-order valence-electron chi connectivity index (χ2n) is 4.26. The van der Waals surface area contributed by atoms with Crippen molar-refractivity contribution in [1.82, 2.24) is 5.32 Å². The zero-order chi connectivity index (χ0) is 11.4. The first-order chi connectivity index (χ1) is 7.68. The first-order valence-electron chi connectivity index (χ1n) is 5.57. The number of hydrogen-bond acceptors (Lipinski definition) is 2. The third-order valence-corrected chi connectivity index (χ3v) is 3.17. The lowest BCUT2D eigenvalue weighted by molar-refractivity contribution is 0.131. The maximum Gasteiger partial charge on any atom is 0.130 e. The molecule has 0 amide bonds. The molecule has 0 unspecified atom stereocenters. The molecule has 1 aromatic rings. The minimum absolute atomic E-state index is 0.356. The Labute approximate surface area is 100 Å². The maximum absolute atomic E-state index is 14.2. The van der Waals surface area contributed by atoms with Crippen molar-refractivity contribution >= 4 is 17.3 Å². The first-order valence-corrected chi connectivity index (χ1v) is 5.95. The molecule has 0 aliphatic carbocycles. The Hall–Kier alpha value is -0.800. The summed E-state index contributed by atoms with van der Waals surface area (Å²) >= 11 is 5.86. The van der Waals surface area contributed by atoms with E-state index < -0.39 is 5.67 Å². The Kier molecular flexibility index (Phi) is 3.66. The molecule has 2 nitrogen and oxygen atoms in total. The van der Waals surface area contributed by atoms with Crippen molar-refractivity contribution in [3.05, 3.63) is 29.3 Å². The van der Waals surface area contributed by atoms with E-state index in [2.05, 4.69) is 10.6 Å². The van der Waals surface area contributed by atoms with Crippen molar-refractivity contribution in [3.63, 3.8) is 0 Å². The number of rotatable bonds is 3. The molecule has 0 aromatic heterocycles. The van der Waals surface area contributed by atoms with Gasteiger partial charge in [0.2, 0.25) is 0 Å². The normalized spacial score (nSPS) is 19.4. The summed E-state index contributed by atoms with van der Waals surface area (Å²) in [5.74, 6) is 0. The Morgan fingerprint density at radius 1 is 1.38 bits per heavy atom. The average molecular weight is 243 g/mol. The van der Waals surface area contributed by atoms with Gasteiger partial charge in [0.05, 0.1) is 0 Å². The van der Waals surface area contributed by atoms with Crippen molar-refractivity contribution in [2.45, 2.75) is 18.5 Å². The zero-order valence-electron chi connectivity index (χ0n) is 9.10. The van der Waals surface area contributed by atoms with Gasteiger partial charge in [-0.05, 0) is 44.1 Å². The van der Waals surface area contributed by atoms with Gasteiger partial charge in [0.1, 0.15) is 5.67 Å². The van der Waals surface area contributed by atoms with Crippen LogP contribution in [0.1, 0.15) is 12.8 Å². The SMILES string of the molecule is FC1(CNc2cccc(Cl)c2)CCNCC1. The Morgan fingerprint density at radius 3 is 2.81 bits per heavy atom. The smallest absolute Gasteiger partial charge is 0.130 e. The number of benzene rings is 1. The van der Waals surface area contributed by atoms with Crippen LogP contribution in [0.15, 0.2) is 24.3 Å². The summed E-state index contributed by atoms with van der Waals surface area (Å²) in [7, 11) is 0. The van der Waals surface area contributed by atoms with E-state index >= 15 is 0 Å². The van der Waals surface area contributed by atoms with Crippen LogP contribution in [0.4, 0.5) is 10.1 Å². The van der Waals surface area contributed by atoms with Crippen LogP contribution in [0, 0.1) is 0 Å². The Bertz CT molecular complexity index is 351. The van der Waals surface area contributed by atoms with Crippen LogP contribution < -0.4 is 10.6 Å². The highest BCUT2D eigenvalue weighted by molar-refractivity contribution is 6.30. The van der Waals surface area contributed by atoms with Crippen molar-refractivity contribution in [3.8, 4) is 0 Å². The second kappa shape index (κ2) is 5.02. The highest BCUT2D eigenvalue weighted by atomic mass is 35.5. The lowest BCUT2D eigenvalue weighted by Gasteiger charge is -2.30. The number of piperidine rings is 1. The molecule has 1 saturated heterocycles. The topological polar surface area (TPSA) is 24.1 Å². The third-order valence-electron chi connectivity index (χ3n) is 2.93. The van der Waals surface area contributed by atoms with Gasteiger partial charge in [-0.2, -0.15) is 0 Å². The molecule has 2 rings (SSSR count). The number of nitrogens with one attached hydrogen (secondary N) is 2. The molecule has 4 heteroatoms. The molecule has 2 N–H and O–H groups in total. The highest BCUT2D eigenvalue weighted by Crippen LogP contribution is 2.24. The highest BCUT2D eigenvalue weighted by Gasteiger charge is 2.31. The molecular weight excluding hydrogens is 227 g/mol. The Morgan fingerprint density at radius 2 is 2.12 bits per heavy atom. The minimum atomic E-state index is -1.09. The van der Waals surface area contributed by atoms with Gasteiger partial charge in [0, 0.05) is 17.3 Å². The van der Waals surface area contributed by atoms with E-state index in [0.29, 0.717) is 24.4 Å². The molecule has 0 saturated carbocycles. The predicted molar refractivity (Wildman–Crippen MR) is 65.9 cm³/mol. The number of halogens is 2. The van der Waals surface area contributed by atoms with Crippen molar-refractivity contribution in [2.24, 2.45) is 0 Å². The van der Waals surface area contributed by atoms with Gasteiger partial charge in [0.15, 0.2) is 0 Å². The van der Waals surface area contributed by atoms with Crippen LogP contribution in [-0.4, -0.2) is 25.3 Å². The molecular formula is C12H16ClFN2. The fraction of sp³-hybridized carbons (Fsp3) is 0.500.